The van der Waals surface area contributed by atoms with Gasteiger partial charge in [-0.05, 0) is 32.0 Å². The minimum atomic E-state index is -0.818. The van der Waals surface area contributed by atoms with Crippen LogP contribution in [-0.2, 0) is 6.54 Å². The Labute approximate surface area is 154 Å². The number of hydrogen-bond donors (Lipinski definition) is 2. The minimum absolute atomic E-state index is 0.0147. The van der Waals surface area contributed by atoms with E-state index in [0.717, 1.165) is 11.6 Å². The van der Waals surface area contributed by atoms with Crippen molar-refractivity contribution in [3.05, 3.63) is 49.5 Å². The van der Waals surface area contributed by atoms with Gasteiger partial charge in [-0.1, -0.05) is 31.0 Å². The van der Waals surface area contributed by atoms with E-state index in [4.69, 9.17) is 11.6 Å². The Bertz CT molecular complexity index is 978. The second kappa shape index (κ2) is 8.37. The lowest BCUT2D eigenvalue weighted by Crippen LogP contribution is -2.31. The molecule has 2 aromatic rings. The summed E-state index contributed by atoms with van der Waals surface area (Å²) in [5, 5.41) is 2.66. The van der Waals surface area contributed by atoms with E-state index in [0.29, 0.717) is 5.92 Å². The molecule has 0 fully saturated rings. The van der Waals surface area contributed by atoms with Gasteiger partial charge < -0.3 is 0 Å². The number of aliphatic imine (C=N–C) groups is 1. The van der Waals surface area contributed by atoms with Crippen molar-refractivity contribution in [3.8, 4) is 0 Å². The molecular formula is C17H21ClFN5O2. The van der Waals surface area contributed by atoms with E-state index in [1.807, 2.05) is 14.0 Å². The molecule has 0 aliphatic rings. The van der Waals surface area contributed by atoms with Crippen LogP contribution in [0.25, 0.3) is 11.0 Å². The molecule has 140 valence electrons. The molecule has 0 saturated heterocycles. The van der Waals surface area contributed by atoms with Crippen molar-refractivity contribution in [1.29, 1.82) is 0 Å². The van der Waals surface area contributed by atoms with Crippen LogP contribution < -0.4 is 16.6 Å². The highest BCUT2D eigenvalue weighted by Crippen LogP contribution is 2.16. The van der Waals surface area contributed by atoms with Gasteiger partial charge in [0.2, 0.25) is 0 Å². The molecule has 0 aromatic carbocycles. The van der Waals surface area contributed by atoms with Gasteiger partial charge in [-0.3, -0.25) is 24.7 Å². The number of pyridine rings is 1. The topological polar surface area (TPSA) is 92.1 Å². The van der Waals surface area contributed by atoms with Crippen LogP contribution in [0.4, 0.5) is 4.39 Å². The van der Waals surface area contributed by atoms with Gasteiger partial charge in [-0.15, -0.1) is 0 Å². The van der Waals surface area contributed by atoms with E-state index >= 15 is 0 Å². The normalized spacial score (nSPS) is 13.9. The third-order valence-electron chi connectivity index (χ3n) is 3.82. The molecular weight excluding hydrogens is 361 g/mol. The Morgan fingerprint density at radius 3 is 2.81 bits per heavy atom. The van der Waals surface area contributed by atoms with Crippen molar-refractivity contribution < 1.29 is 4.39 Å². The van der Waals surface area contributed by atoms with Crippen molar-refractivity contribution in [1.82, 2.24) is 19.9 Å². The van der Waals surface area contributed by atoms with Gasteiger partial charge in [-0.2, -0.15) is 0 Å². The average molecular weight is 382 g/mol. The number of rotatable bonds is 6. The maximum absolute atomic E-state index is 13.6. The Morgan fingerprint density at radius 2 is 2.19 bits per heavy atom. The highest BCUT2D eigenvalue weighted by molar-refractivity contribution is 6.29. The fraction of sp³-hybridized carbons (Fsp3) is 0.412. The van der Waals surface area contributed by atoms with Crippen LogP contribution in [0.15, 0.2) is 32.3 Å². The van der Waals surface area contributed by atoms with E-state index in [2.05, 4.69) is 34.1 Å². The van der Waals surface area contributed by atoms with Gasteiger partial charge >= 0.3 is 5.69 Å². The van der Waals surface area contributed by atoms with E-state index < -0.39 is 22.2 Å². The second-order valence-electron chi connectivity index (χ2n) is 6.27. The zero-order chi connectivity index (χ0) is 19.4. The third kappa shape index (κ3) is 4.44. The third-order valence-corrected chi connectivity index (χ3v) is 4.08. The molecule has 9 heteroatoms. The average Bonchev–Trinajstić information content (AvgIpc) is 2.57. The first-order valence-corrected chi connectivity index (χ1v) is 8.47. The van der Waals surface area contributed by atoms with Gasteiger partial charge in [0.1, 0.15) is 6.17 Å². The number of fused-ring (bicyclic) bond motifs is 1. The molecule has 0 amide bonds. The van der Waals surface area contributed by atoms with Crippen LogP contribution in [0.5, 0.6) is 0 Å². The number of nitrogens with one attached hydrogen (secondary N) is 2. The van der Waals surface area contributed by atoms with Gasteiger partial charge in [0, 0.05) is 6.21 Å². The van der Waals surface area contributed by atoms with E-state index in [1.165, 1.54) is 4.57 Å². The number of hydrogen-bond acceptors (Lipinski definition) is 5. The maximum Gasteiger partial charge on any atom is 0.330 e. The summed E-state index contributed by atoms with van der Waals surface area (Å²) in [7, 11) is 1.83. The molecule has 2 rings (SSSR count). The first-order chi connectivity index (χ1) is 12.2. The second-order valence-corrected chi connectivity index (χ2v) is 6.62. The first kappa shape index (κ1) is 20.0. The number of allylic oxidation sites excluding steroid dienone is 2. The van der Waals surface area contributed by atoms with Gasteiger partial charge in [0.25, 0.3) is 5.56 Å². The molecule has 7 nitrogen and oxygen atoms in total. The first-order valence-electron chi connectivity index (χ1n) is 8.09. The lowest BCUT2D eigenvalue weighted by atomic mass is 10.1. The zero-order valence-corrected chi connectivity index (χ0v) is 15.8. The fourth-order valence-electron chi connectivity index (χ4n) is 2.45. The molecule has 0 bridgehead atoms. The number of H-pyrrole nitrogens is 1. The van der Waals surface area contributed by atoms with Crippen LogP contribution in [0, 0.1) is 11.7 Å². The smallest absolute Gasteiger partial charge is 0.299 e. The largest absolute Gasteiger partial charge is 0.330 e. The molecule has 0 aliphatic heterocycles. The minimum Gasteiger partial charge on any atom is -0.299 e. The summed E-state index contributed by atoms with van der Waals surface area (Å²) in [6.07, 6.45) is 3.41. The highest BCUT2D eigenvalue weighted by atomic mass is 35.5. The monoisotopic (exact) mass is 381 g/mol. The Balaban J connectivity index is 2.40. The predicted molar refractivity (Wildman–Crippen MR) is 102 cm³/mol. The molecule has 0 radical (unpaired) electrons. The van der Waals surface area contributed by atoms with E-state index in [-0.39, 0.29) is 23.7 Å². The quantitative estimate of drug-likeness (QED) is 0.592. The van der Waals surface area contributed by atoms with Crippen molar-refractivity contribution in [2.45, 2.75) is 33.5 Å². The molecule has 0 aliphatic carbocycles. The van der Waals surface area contributed by atoms with Crippen LogP contribution in [0.2, 0.25) is 5.15 Å². The number of aromatic amines is 1. The number of halogens is 2. The van der Waals surface area contributed by atoms with Crippen molar-refractivity contribution in [2.75, 3.05) is 7.05 Å². The summed E-state index contributed by atoms with van der Waals surface area (Å²) >= 11 is 5.71. The molecule has 2 N–H and O–H groups in total. The molecule has 0 saturated carbocycles. The summed E-state index contributed by atoms with van der Waals surface area (Å²) in [5.74, 6) is -0.488. The Morgan fingerprint density at radius 1 is 1.50 bits per heavy atom. The zero-order valence-electron chi connectivity index (χ0n) is 15.0. The molecule has 0 spiro atoms. The molecule has 2 heterocycles. The summed E-state index contributed by atoms with van der Waals surface area (Å²) in [6, 6.07) is 0.972. The van der Waals surface area contributed by atoms with Crippen molar-refractivity contribution >= 4 is 28.8 Å². The van der Waals surface area contributed by atoms with E-state index in [9.17, 15) is 14.0 Å². The van der Waals surface area contributed by atoms with Crippen molar-refractivity contribution in [2.24, 2.45) is 10.9 Å². The van der Waals surface area contributed by atoms with Crippen LogP contribution in [-0.4, -0.2) is 34.0 Å². The summed E-state index contributed by atoms with van der Waals surface area (Å²) in [5.41, 5.74) is -0.519. The number of aromatic nitrogens is 3. The Kier molecular flexibility index (Phi) is 6.44. The standard InChI is InChI=1S/C17H21ClFN5O2/c1-9(2)14(20-4)21-6-5-10(3)8-24-15-11(16(25)23-17(24)26)7-12(19)13(18)22-15/h5-7,9,14,20H,8H2,1-4H3,(H,23,25,26)/b10-5-,21-6-. The van der Waals surface area contributed by atoms with Gasteiger partial charge in [0.15, 0.2) is 16.6 Å². The summed E-state index contributed by atoms with van der Waals surface area (Å²) < 4.78 is 14.8. The maximum atomic E-state index is 13.6. The summed E-state index contributed by atoms with van der Waals surface area (Å²) in [4.78, 5) is 34.5. The predicted octanol–water partition coefficient (Wildman–Crippen LogP) is 2.10. The fourth-order valence-corrected chi connectivity index (χ4v) is 2.58. The van der Waals surface area contributed by atoms with Crippen LogP contribution in [0.1, 0.15) is 20.8 Å². The number of nitrogens with zero attached hydrogens (tertiary/aromatic N) is 3. The van der Waals surface area contributed by atoms with Crippen LogP contribution >= 0.6 is 11.6 Å². The molecule has 2 aromatic heterocycles. The van der Waals surface area contributed by atoms with Gasteiger partial charge in [-0.25, -0.2) is 14.2 Å². The van der Waals surface area contributed by atoms with Crippen molar-refractivity contribution in [3.63, 3.8) is 0 Å². The lowest BCUT2D eigenvalue weighted by Gasteiger charge is -2.14. The highest BCUT2D eigenvalue weighted by Gasteiger charge is 2.13. The lowest BCUT2D eigenvalue weighted by molar-refractivity contribution is 0.444. The van der Waals surface area contributed by atoms with Crippen LogP contribution in [0.3, 0.4) is 0 Å². The molecule has 1 unspecified atom stereocenters. The SMILES string of the molecule is CNC(/N=C\C=C(\C)Cn1c(=O)[nH]c(=O)c2cc(F)c(Cl)nc21)C(C)C. The Hall–Kier alpha value is -2.32. The molecule has 26 heavy (non-hydrogen) atoms. The summed E-state index contributed by atoms with van der Waals surface area (Å²) in [6.45, 7) is 6.06. The molecule has 1 atom stereocenters. The van der Waals surface area contributed by atoms with E-state index in [1.54, 1.807) is 12.3 Å². The van der Waals surface area contributed by atoms with Gasteiger partial charge in [0.05, 0.1) is 11.9 Å².